The predicted molar refractivity (Wildman–Crippen MR) is 89.0 cm³/mol. The van der Waals surface area contributed by atoms with Gasteiger partial charge in [0.1, 0.15) is 11.9 Å². The fourth-order valence-corrected chi connectivity index (χ4v) is 3.85. The Labute approximate surface area is 138 Å². The molecule has 2 fully saturated rings. The molecule has 0 radical (unpaired) electrons. The van der Waals surface area contributed by atoms with Crippen molar-refractivity contribution in [1.82, 2.24) is 0 Å². The highest BCUT2D eigenvalue weighted by atomic mass is 16.5. The van der Waals surface area contributed by atoms with Crippen LogP contribution in [-0.4, -0.2) is 28.4 Å². The van der Waals surface area contributed by atoms with E-state index < -0.39 is 12.1 Å². The van der Waals surface area contributed by atoms with Gasteiger partial charge in [-0.1, -0.05) is 39.0 Å². The maximum atomic E-state index is 10.8. The second-order valence-electron chi connectivity index (χ2n) is 7.54. The van der Waals surface area contributed by atoms with Crippen molar-refractivity contribution in [2.24, 2.45) is 16.7 Å². The Morgan fingerprint density at radius 1 is 1.26 bits per heavy atom. The minimum absolute atomic E-state index is 0.0313. The van der Waals surface area contributed by atoms with Gasteiger partial charge >= 0.3 is 5.97 Å². The number of para-hydroxylation sites is 1. The number of carbonyl (C=O) groups excluding carboxylic acids is 1. The van der Waals surface area contributed by atoms with E-state index in [0.29, 0.717) is 11.2 Å². The van der Waals surface area contributed by atoms with Crippen molar-refractivity contribution in [2.75, 3.05) is 0 Å². The van der Waals surface area contributed by atoms with Gasteiger partial charge in [-0.3, -0.25) is 0 Å². The van der Waals surface area contributed by atoms with Crippen LogP contribution in [-0.2, 0) is 4.79 Å². The molecule has 2 bridgehead atoms. The average Bonchev–Trinajstić information content (AvgIpc) is 2.82. The number of aliphatic hydroxyl groups excluding tert-OH is 2. The van der Waals surface area contributed by atoms with E-state index in [1.165, 1.54) is 19.8 Å². The van der Waals surface area contributed by atoms with Crippen LogP contribution in [0.4, 0.5) is 0 Å². The Hall–Kier alpha value is -1.39. The fourth-order valence-electron chi connectivity index (χ4n) is 3.85. The topological polar surface area (TPSA) is 66.8 Å². The molecule has 0 spiro atoms. The minimum Gasteiger partial charge on any atom is -0.425 e. The molecular formula is C19H28O4. The molecule has 2 aliphatic rings. The molecule has 0 aromatic heterocycles. The van der Waals surface area contributed by atoms with Gasteiger partial charge in [-0.25, -0.2) is 4.79 Å². The summed E-state index contributed by atoms with van der Waals surface area (Å²) in [6, 6.07) is 8.63. The fraction of sp³-hybridized carbons (Fsp3) is 0.632. The van der Waals surface area contributed by atoms with Gasteiger partial charge in [0, 0.05) is 0 Å². The molecule has 2 saturated carbocycles. The third kappa shape index (κ3) is 3.43. The summed E-state index contributed by atoms with van der Waals surface area (Å²) in [4.78, 5) is 10.8. The lowest BCUT2D eigenvalue weighted by Gasteiger charge is -2.36. The van der Waals surface area contributed by atoms with Gasteiger partial charge < -0.3 is 14.9 Å². The Bertz CT molecular complexity index is 538. The van der Waals surface area contributed by atoms with Gasteiger partial charge in [-0.15, -0.1) is 0 Å². The number of rotatable bonds is 2. The standard InChI is InChI=1S/C10H18O.C9H10O3/c1-9(2)7-4-5-10(9,3)8(11)6-7;1-7(10)9(11)12-8-5-3-2-4-6-8/h7-8,11H,4-6H2,1-3H3;2-7,10H,1H3/t7-,8+,10-;/m1./s1. The first-order chi connectivity index (χ1) is 10.7. The zero-order valence-electron chi connectivity index (χ0n) is 14.5. The summed E-state index contributed by atoms with van der Waals surface area (Å²) < 4.78 is 4.79. The van der Waals surface area contributed by atoms with Crippen molar-refractivity contribution in [3.05, 3.63) is 30.3 Å². The molecule has 1 aromatic carbocycles. The van der Waals surface area contributed by atoms with Crippen LogP contribution in [0.5, 0.6) is 5.75 Å². The number of esters is 1. The van der Waals surface area contributed by atoms with Crippen LogP contribution in [0, 0.1) is 16.7 Å². The van der Waals surface area contributed by atoms with E-state index in [-0.39, 0.29) is 11.5 Å². The average molecular weight is 320 g/mol. The van der Waals surface area contributed by atoms with E-state index in [4.69, 9.17) is 9.84 Å². The van der Waals surface area contributed by atoms with Crippen LogP contribution in [0.25, 0.3) is 0 Å². The van der Waals surface area contributed by atoms with Crippen LogP contribution in [0.3, 0.4) is 0 Å². The van der Waals surface area contributed by atoms with Crippen LogP contribution >= 0.6 is 0 Å². The van der Waals surface area contributed by atoms with Crippen LogP contribution in [0.2, 0.25) is 0 Å². The summed E-state index contributed by atoms with van der Waals surface area (Å²) in [7, 11) is 0. The maximum absolute atomic E-state index is 10.8. The summed E-state index contributed by atoms with van der Waals surface area (Å²) in [5.41, 5.74) is 0.601. The summed E-state index contributed by atoms with van der Waals surface area (Å²) in [5, 5.41) is 18.6. The molecule has 0 saturated heterocycles. The highest BCUT2D eigenvalue weighted by Crippen LogP contribution is 2.65. The molecule has 0 aliphatic heterocycles. The van der Waals surface area contributed by atoms with Gasteiger partial charge in [0.2, 0.25) is 0 Å². The van der Waals surface area contributed by atoms with Crippen molar-refractivity contribution < 1.29 is 19.7 Å². The van der Waals surface area contributed by atoms with E-state index in [1.807, 2.05) is 6.07 Å². The van der Waals surface area contributed by atoms with Gasteiger partial charge in [0.25, 0.3) is 0 Å². The Kier molecular flexibility index (Phi) is 5.17. The number of hydrogen-bond acceptors (Lipinski definition) is 4. The summed E-state index contributed by atoms with van der Waals surface area (Å²) in [6.07, 6.45) is 2.50. The minimum atomic E-state index is -1.08. The number of aliphatic hydroxyl groups is 2. The highest BCUT2D eigenvalue weighted by Gasteiger charge is 2.60. The van der Waals surface area contributed by atoms with Crippen molar-refractivity contribution in [1.29, 1.82) is 0 Å². The molecule has 23 heavy (non-hydrogen) atoms. The number of hydrogen-bond donors (Lipinski definition) is 2. The smallest absolute Gasteiger partial charge is 0.340 e. The van der Waals surface area contributed by atoms with Crippen LogP contribution in [0.15, 0.2) is 30.3 Å². The molecule has 2 aliphatic carbocycles. The van der Waals surface area contributed by atoms with E-state index >= 15 is 0 Å². The predicted octanol–water partition coefficient (Wildman–Crippen LogP) is 3.17. The molecule has 4 atom stereocenters. The van der Waals surface area contributed by atoms with Crippen molar-refractivity contribution in [2.45, 2.75) is 59.2 Å². The largest absolute Gasteiger partial charge is 0.425 e. The van der Waals surface area contributed by atoms with Gasteiger partial charge in [-0.05, 0) is 55.1 Å². The lowest BCUT2D eigenvalue weighted by atomic mass is 9.70. The monoisotopic (exact) mass is 320 g/mol. The Morgan fingerprint density at radius 3 is 2.22 bits per heavy atom. The van der Waals surface area contributed by atoms with Crippen LogP contribution in [0.1, 0.15) is 47.0 Å². The molecular weight excluding hydrogens is 292 g/mol. The first-order valence-corrected chi connectivity index (χ1v) is 8.31. The first kappa shape index (κ1) is 18.0. The third-order valence-electron chi connectivity index (χ3n) is 6.05. The van der Waals surface area contributed by atoms with Crippen molar-refractivity contribution in [3.63, 3.8) is 0 Å². The molecule has 2 N–H and O–H groups in total. The van der Waals surface area contributed by atoms with Gasteiger partial charge in [0.15, 0.2) is 0 Å². The summed E-state index contributed by atoms with van der Waals surface area (Å²) in [5.74, 6) is 0.590. The normalized spacial score (nSPS) is 31.9. The molecule has 128 valence electrons. The number of carbonyl (C=O) groups is 1. The van der Waals surface area contributed by atoms with E-state index in [1.54, 1.807) is 24.3 Å². The zero-order chi connectivity index (χ0) is 17.3. The Morgan fingerprint density at radius 2 is 1.87 bits per heavy atom. The zero-order valence-corrected chi connectivity index (χ0v) is 14.5. The lowest BCUT2D eigenvalue weighted by molar-refractivity contribution is -0.142. The second kappa shape index (κ2) is 6.62. The first-order valence-electron chi connectivity index (χ1n) is 8.31. The molecule has 4 nitrogen and oxygen atoms in total. The van der Waals surface area contributed by atoms with E-state index in [9.17, 15) is 9.90 Å². The van der Waals surface area contributed by atoms with Crippen molar-refractivity contribution in [3.8, 4) is 5.75 Å². The lowest BCUT2D eigenvalue weighted by Crippen LogP contribution is -2.35. The van der Waals surface area contributed by atoms with Crippen molar-refractivity contribution >= 4 is 5.97 Å². The molecule has 0 amide bonds. The van der Waals surface area contributed by atoms with Crippen LogP contribution < -0.4 is 4.74 Å². The van der Waals surface area contributed by atoms with E-state index in [2.05, 4.69) is 20.8 Å². The third-order valence-corrected chi connectivity index (χ3v) is 6.05. The molecule has 3 rings (SSSR count). The molecule has 4 heteroatoms. The summed E-state index contributed by atoms with van der Waals surface area (Å²) in [6.45, 7) is 8.26. The number of fused-ring (bicyclic) bond motifs is 2. The van der Waals surface area contributed by atoms with Gasteiger partial charge in [-0.2, -0.15) is 0 Å². The molecule has 0 heterocycles. The SMILES string of the molecule is CC(O)C(=O)Oc1ccccc1.CC1(C)[C@@H]2CC[C@]1(C)[C@@H](O)C2. The van der Waals surface area contributed by atoms with Gasteiger partial charge in [0.05, 0.1) is 6.10 Å². The maximum Gasteiger partial charge on any atom is 0.340 e. The number of ether oxygens (including phenoxy) is 1. The number of benzene rings is 1. The molecule has 1 aromatic rings. The highest BCUT2D eigenvalue weighted by molar-refractivity contribution is 5.76. The quantitative estimate of drug-likeness (QED) is 0.649. The second-order valence-corrected chi connectivity index (χ2v) is 7.54. The molecule has 1 unspecified atom stereocenters. The van der Waals surface area contributed by atoms with E-state index in [0.717, 1.165) is 12.3 Å². The Balaban J connectivity index is 0.000000167. The summed E-state index contributed by atoms with van der Waals surface area (Å²) >= 11 is 0.